The highest BCUT2D eigenvalue weighted by Crippen LogP contribution is 2.20. The van der Waals surface area contributed by atoms with Gasteiger partial charge >= 0.3 is 0 Å². The summed E-state index contributed by atoms with van der Waals surface area (Å²) in [4.78, 5) is 2.66. The van der Waals surface area contributed by atoms with E-state index < -0.39 is 0 Å². The Morgan fingerprint density at radius 3 is 3.00 bits per heavy atom. The standard InChI is InChI=1S/C12H26N2S/c1-4-13-7-5-6-11(2)14-8-9-15-12(3)10-14/h11-13H,4-10H2,1-3H3. The molecule has 0 aromatic carbocycles. The van der Waals surface area contributed by atoms with Crippen LogP contribution in [0.4, 0.5) is 0 Å². The third-order valence-electron chi connectivity index (χ3n) is 3.12. The van der Waals surface area contributed by atoms with Gasteiger partial charge in [0.25, 0.3) is 0 Å². The van der Waals surface area contributed by atoms with E-state index in [1.165, 1.54) is 38.2 Å². The van der Waals surface area contributed by atoms with Crippen LogP contribution in [0.25, 0.3) is 0 Å². The molecule has 1 heterocycles. The van der Waals surface area contributed by atoms with Gasteiger partial charge in [0.05, 0.1) is 0 Å². The van der Waals surface area contributed by atoms with Crippen molar-refractivity contribution in [2.75, 3.05) is 31.9 Å². The van der Waals surface area contributed by atoms with Crippen LogP contribution in [-0.2, 0) is 0 Å². The van der Waals surface area contributed by atoms with Crippen LogP contribution >= 0.6 is 11.8 Å². The van der Waals surface area contributed by atoms with Crippen LogP contribution in [-0.4, -0.2) is 48.1 Å². The van der Waals surface area contributed by atoms with Crippen molar-refractivity contribution in [3.8, 4) is 0 Å². The fourth-order valence-electron chi connectivity index (χ4n) is 2.13. The van der Waals surface area contributed by atoms with E-state index >= 15 is 0 Å². The maximum Gasteiger partial charge on any atom is 0.0147 e. The van der Waals surface area contributed by atoms with Gasteiger partial charge in [0.1, 0.15) is 0 Å². The Hall–Kier alpha value is 0.270. The zero-order valence-corrected chi connectivity index (χ0v) is 11.3. The minimum absolute atomic E-state index is 0.770. The lowest BCUT2D eigenvalue weighted by molar-refractivity contribution is 0.206. The van der Waals surface area contributed by atoms with E-state index in [1.54, 1.807) is 0 Å². The molecule has 2 nitrogen and oxygen atoms in total. The Balaban J connectivity index is 2.12. The van der Waals surface area contributed by atoms with E-state index in [2.05, 4.69) is 42.7 Å². The zero-order valence-electron chi connectivity index (χ0n) is 10.5. The molecule has 2 atom stereocenters. The third kappa shape index (κ3) is 5.23. The molecule has 0 saturated carbocycles. The molecule has 0 radical (unpaired) electrons. The summed E-state index contributed by atoms with van der Waals surface area (Å²) in [5.74, 6) is 1.32. The number of hydrogen-bond donors (Lipinski definition) is 1. The van der Waals surface area contributed by atoms with Gasteiger partial charge in [0.15, 0.2) is 0 Å². The maximum atomic E-state index is 3.39. The molecule has 1 rings (SSSR count). The van der Waals surface area contributed by atoms with Crippen LogP contribution in [0, 0.1) is 0 Å². The van der Waals surface area contributed by atoms with E-state index in [4.69, 9.17) is 0 Å². The largest absolute Gasteiger partial charge is 0.317 e. The predicted molar refractivity (Wildman–Crippen MR) is 70.7 cm³/mol. The zero-order chi connectivity index (χ0) is 11.1. The van der Waals surface area contributed by atoms with Crippen molar-refractivity contribution in [1.29, 1.82) is 0 Å². The van der Waals surface area contributed by atoms with Crippen LogP contribution in [0.5, 0.6) is 0 Å². The minimum Gasteiger partial charge on any atom is -0.317 e. The quantitative estimate of drug-likeness (QED) is 0.704. The number of thioether (sulfide) groups is 1. The van der Waals surface area contributed by atoms with Crippen molar-refractivity contribution < 1.29 is 0 Å². The van der Waals surface area contributed by atoms with Gasteiger partial charge < -0.3 is 5.32 Å². The summed E-state index contributed by atoms with van der Waals surface area (Å²) in [7, 11) is 0. The summed E-state index contributed by atoms with van der Waals surface area (Å²) in [6.07, 6.45) is 2.65. The maximum absolute atomic E-state index is 3.39. The lowest BCUT2D eigenvalue weighted by Gasteiger charge is -2.35. The minimum atomic E-state index is 0.770. The predicted octanol–water partition coefficient (Wildman–Crippen LogP) is 2.20. The Kier molecular flexibility index (Phi) is 6.69. The van der Waals surface area contributed by atoms with Gasteiger partial charge in [-0.05, 0) is 32.9 Å². The molecule has 0 amide bonds. The molecule has 1 saturated heterocycles. The van der Waals surface area contributed by atoms with Crippen LogP contribution in [0.15, 0.2) is 0 Å². The Labute approximate surface area is 99.2 Å². The van der Waals surface area contributed by atoms with E-state index in [-0.39, 0.29) is 0 Å². The highest BCUT2D eigenvalue weighted by Gasteiger charge is 2.20. The van der Waals surface area contributed by atoms with Gasteiger partial charge in [0, 0.05) is 30.1 Å². The van der Waals surface area contributed by atoms with Crippen molar-refractivity contribution in [2.24, 2.45) is 0 Å². The molecule has 0 aliphatic carbocycles. The monoisotopic (exact) mass is 230 g/mol. The lowest BCUT2D eigenvalue weighted by Crippen LogP contribution is -2.42. The average molecular weight is 230 g/mol. The second kappa shape index (κ2) is 7.53. The molecule has 2 unspecified atom stereocenters. The van der Waals surface area contributed by atoms with Crippen LogP contribution < -0.4 is 5.32 Å². The Morgan fingerprint density at radius 2 is 2.33 bits per heavy atom. The first-order chi connectivity index (χ1) is 7.24. The average Bonchev–Trinajstić information content (AvgIpc) is 2.24. The fourth-order valence-corrected chi connectivity index (χ4v) is 3.17. The summed E-state index contributed by atoms with van der Waals surface area (Å²) in [6.45, 7) is 11.8. The smallest absolute Gasteiger partial charge is 0.0147 e. The summed E-state index contributed by atoms with van der Waals surface area (Å²) in [5, 5.41) is 4.22. The van der Waals surface area contributed by atoms with Gasteiger partial charge in [-0.3, -0.25) is 4.90 Å². The lowest BCUT2D eigenvalue weighted by atomic mass is 10.1. The highest BCUT2D eigenvalue weighted by molar-refractivity contribution is 7.99. The normalized spacial score (nSPS) is 25.4. The van der Waals surface area contributed by atoms with E-state index in [0.29, 0.717) is 0 Å². The molecule has 3 heteroatoms. The molecule has 90 valence electrons. The molecule has 1 N–H and O–H groups in total. The van der Waals surface area contributed by atoms with Crippen LogP contribution in [0.3, 0.4) is 0 Å². The topological polar surface area (TPSA) is 15.3 Å². The van der Waals surface area contributed by atoms with Crippen molar-refractivity contribution >= 4 is 11.8 Å². The van der Waals surface area contributed by atoms with Crippen molar-refractivity contribution in [2.45, 2.75) is 44.9 Å². The van der Waals surface area contributed by atoms with Gasteiger partial charge in [-0.25, -0.2) is 0 Å². The number of nitrogens with one attached hydrogen (secondary N) is 1. The summed E-state index contributed by atoms with van der Waals surface area (Å²) >= 11 is 2.12. The molecule has 0 spiro atoms. The summed E-state index contributed by atoms with van der Waals surface area (Å²) < 4.78 is 0. The molecule has 1 aliphatic heterocycles. The van der Waals surface area contributed by atoms with Crippen LogP contribution in [0.1, 0.15) is 33.6 Å². The SMILES string of the molecule is CCNCCCC(C)N1CCSC(C)C1. The summed E-state index contributed by atoms with van der Waals surface area (Å²) in [6, 6.07) is 0.770. The van der Waals surface area contributed by atoms with E-state index in [9.17, 15) is 0 Å². The third-order valence-corrected chi connectivity index (χ3v) is 4.26. The van der Waals surface area contributed by atoms with Gasteiger partial charge in [0.2, 0.25) is 0 Å². The first kappa shape index (κ1) is 13.3. The molecular formula is C12H26N2S. The molecule has 0 aromatic rings. The molecule has 0 aromatic heterocycles. The second-order valence-electron chi connectivity index (χ2n) is 4.52. The fraction of sp³-hybridized carbons (Fsp3) is 1.00. The van der Waals surface area contributed by atoms with Gasteiger partial charge in [-0.2, -0.15) is 11.8 Å². The first-order valence-electron chi connectivity index (χ1n) is 6.30. The van der Waals surface area contributed by atoms with Crippen molar-refractivity contribution in [3.05, 3.63) is 0 Å². The molecule has 1 aliphatic rings. The number of rotatable bonds is 6. The first-order valence-corrected chi connectivity index (χ1v) is 7.35. The molecular weight excluding hydrogens is 204 g/mol. The highest BCUT2D eigenvalue weighted by atomic mass is 32.2. The molecule has 1 fully saturated rings. The van der Waals surface area contributed by atoms with Crippen LogP contribution in [0.2, 0.25) is 0 Å². The number of hydrogen-bond acceptors (Lipinski definition) is 3. The molecule has 0 bridgehead atoms. The Morgan fingerprint density at radius 1 is 1.53 bits per heavy atom. The van der Waals surface area contributed by atoms with Gasteiger partial charge in [-0.15, -0.1) is 0 Å². The van der Waals surface area contributed by atoms with Crippen molar-refractivity contribution in [3.63, 3.8) is 0 Å². The van der Waals surface area contributed by atoms with Crippen molar-refractivity contribution in [1.82, 2.24) is 10.2 Å². The second-order valence-corrected chi connectivity index (χ2v) is 6.07. The Bertz CT molecular complexity index is 164. The van der Waals surface area contributed by atoms with Gasteiger partial charge in [-0.1, -0.05) is 13.8 Å². The summed E-state index contributed by atoms with van der Waals surface area (Å²) in [5.41, 5.74) is 0. The van der Waals surface area contributed by atoms with E-state index in [0.717, 1.165) is 17.8 Å². The number of nitrogens with zero attached hydrogens (tertiary/aromatic N) is 1. The molecule has 15 heavy (non-hydrogen) atoms. The van der Waals surface area contributed by atoms with E-state index in [1.807, 2.05) is 0 Å².